The van der Waals surface area contributed by atoms with Crippen LogP contribution in [0.5, 0.6) is 0 Å². The second-order valence-electron chi connectivity index (χ2n) is 3.95. The Labute approximate surface area is 104 Å². The molecule has 0 aromatic carbocycles. The van der Waals surface area contributed by atoms with Gasteiger partial charge in [-0.1, -0.05) is 0 Å². The average Bonchev–Trinajstić information content (AvgIpc) is 3.00. The predicted molar refractivity (Wildman–Crippen MR) is 65.8 cm³/mol. The minimum Gasteiger partial charge on any atom is -0.347 e. The molecule has 2 aromatic rings. The number of rotatable bonds is 5. The van der Waals surface area contributed by atoms with Gasteiger partial charge in [-0.15, -0.1) is 0 Å². The molecule has 0 bridgehead atoms. The highest BCUT2D eigenvalue weighted by Crippen LogP contribution is 2.06. The SMILES string of the molecule is CC(NC(=O)c1cn(CCN)cn1)c1ncc[nH]1. The van der Waals surface area contributed by atoms with Gasteiger partial charge in [0.2, 0.25) is 0 Å². The number of carbonyl (C=O) groups excluding carboxylic acids is 1. The average molecular weight is 248 g/mol. The van der Waals surface area contributed by atoms with Gasteiger partial charge in [0, 0.05) is 31.7 Å². The highest BCUT2D eigenvalue weighted by atomic mass is 16.2. The third-order valence-electron chi connectivity index (χ3n) is 2.53. The van der Waals surface area contributed by atoms with Gasteiger partial charge in [-0.25, -0.2) is 9.97 Å². The molecule has 2 rings (SSSR count). The van der Waals surface area contributed by atoms with E-state index in [4.69, 9.17) is 5.73 Å². The number of hydrogen-bond acceptors (Lipinski definition) is 4. The van der Waals surface area contributed by atoms with E-state index >= 15 is 0 Å². The number of nitrogens with two attached hydrogens (primary N) is 1. The Kier molecular flexibility index (Phi) is 3.73. The second kappa shape index (κ2) is 5.46. The summed E-state index contributed by atoms with van der Waals surface area (Å²) >= 11 is 0. The van der Waals surface area contributed by atoms with E-state index in [0.717, 1.165) is 0 Å². The van der Waals surface area contributed by atoms with Crippen LogP contribution in [0.2, 0.25) is 0 Å². The summed E-state index contributed by atoms with van der Waals surface area (Å²) in [6, 6.07) is -0.188. The Hall–Kier alpha value is -2.15. The summed E-state index contributed by atoms with van der Waals surface area (Å²) in [6.45, 7) is 3.02. The summed E-state index contributed by atoms with van der Waals surface area (Å²) in [5, 5.41) is 2.81. The van der Waals surface area contributed by atoms with Crippen molar-refractivity contribution in [2.75, 3.05) is 6.54 Å². The van der Waals surface area contributed by atoms with Crippen molar-refractivity contribution in [3.63, 3.8) is 0 Å². The Balaban J connectivity index is 1.98. The summed E-state index contributed by atoms with van der Waals surface area (Å²) in [5.74, 6) is 0.486. The zero-order chi connectivity index (χ0) is 13.0. The van der Waals surface area contributed by atoms with Crippen LogP contribution in [0.25, 0.3) is 0 Å². The molecule has 0 fully saturated rings. The maximum atomic E-state index is 11.9. The number of imidazole rings is 2. The Bertz CT molecular complexity index is 503. The van der Waals surface area contributed by atoms with Gasteiger partial charge in [-0.3, -0.25) is 4.79 Å². The first-order chi connectivity index (χ1) is 8.70. The number of aromatic amines is 1. The van der Waals surface area contributed by atoms with Crippen LogP contribution in [0.3, 0.4) is 0 Å². The van der Waals surface area contributed by atoms with Gasteiger partial charge in [0.25, 0.3) is 5.91 Å². The van der Waals surface area contributed by atoms with Crippen LogP contribution in [0.4, 0.5) is 0 Å². The summed E-state index contributed by atoms with van der Waals surface area (Å²) in [6.07, 6.45) is 6.64. The van der Waals surface area contributed by atoms with Gasteiger partial charge < -0.3 is 20.6 Å². The Morgan fingerprint density at radius 3 is 3.11 bits per heavy atom. The normalized spacial score (nSPS) is 12.3. The van der Waals surface area contributed by atoms with Crippen molar-refractivity contribution >= 4 is 5.91 Å². The van der Waals surface area contributed by atoms with Crippen molar-refractivity contribution in [3.05, 3.63) is 36.4 Å². The molecule has 7 nitrogen and oxygen atoms in total. The van der Waals surface area contributed by atoms with Crippen LogP contribution < -0.4 is 11.1 Å². The standard InChI is InChI=1S/C11H16N6O/c1-8(10-13-3-4-14-10)16-11(18)9-6-17(5-2-12)7-15-9/h3-4,6-8H,2,5,12H2,1H3,(H,13,14)(H,16,18). The van der Waals surface area contributed by atoms with E-state index in [2.05, 4.69) is 20.3 Å². The smallest absolute Gasteiger partial charge is 0.272 e. The molecule has 0 spiro atoms. The molecule has 0 radical (unpaired) electrons. The Morgan fingerprint density at radius 2 is 2.44 bits per heavy atom. The predicted octanol–water partition coefficient (Wildman–Crippen LogP) is 0.0559. The molecule has 18 heavy (non-hydrogen) atoms. The largest absolute Gasteiger partial charge is 0.347 e. The first-order valence-corrected chi connectivity index (χ1v) is 5.72. The fourth-order valence-electron chi connectivity index (χ4n) is 1.60. The maximum absolute atomic E-state index is 11.9. The summed E-state index contributed by atoms with van der Waals surface area (Å²) in [4.78, 5) is 23.0. The molecule has 4 N–H and O–H groups in total. The van der Waals surface area contributed by atoms with Crippen LogP contribution >= 0.6 is 0 Å². The molecular formula is C11H16N6O. The quantitative estimate of drug-likeness (QED) is 0.696. The van der Waals surface area contributed by atoms with Gasteiger partial charge in [0.15, 0.2) is 0 Å². The molecular weight excluding hydrogens is 232 g/mol. The van der Waals surface area contributed by atoms with Crippen molar-refractivity contribution in [3.8, 4) is 0 Å². The second-order valence-corrected chi connectivity index (χ2v) is 3.95. The molecule has 2 aromatic heterocycles. The number of H-pyrrole nitrogens is 1. The number of nitrogens with zero attached hydrogens (tertiary/aromatic N) is 3. The van der Waals surface area contributed by atoms with Crippen molar-refractivity contribution in [2.45, 2.75) is 19.5 Å². The molecule has 0 aliphatic carbocycles. The van der Waals surface area contributed by atoms with E-state index < -0.39 is 0 Å². The number of carbonyl (C=O) groups is 1. The number of nitrogens with one attached hydrogen (secondary N) is 2. The van der Waals surface area contributed by atoms with Crippen LogP contribution in [-0.2, 0) is 6.54 Å². The summed E-state index contributed by atoms with van der Waals surface area (Å²) in [5.41, 5.74) is 5.81. The molecule has 0 aliphatic heterocycles. The monoisotopic (exact) mass is 248 g/mol. The zero-order valence-electron chi connectivity index (χ0n) is 10.1. The summed E-state index contributed by atoms with van der Waals surface area (Å²) in [7, 11) is 0. The highest BCUT2D eigenvalue weighted by molar-refractivity contribution is 5.92. The van der Waals surface area contributed by atoms with E-state index in [9.17, 15) is 4.79 Å². The van der Waals surface area contributed by atoms with E-state index in [0.29, 0.717) is 24.6 Å². The third kappa shape index (κ3) is 2.75. The fourth-order valence-corrected chi connectivity index (χ4v) is 1.60. The number of hydrogen-bond donors (Lipinski definition) is 3. The first-order valence-electron chi connectivity index (χ1n) is 5.72. The van der Waals surface area contributed by atoms with Crippen LogP contribution in [-0.4, -0.2) is 32.0 Å². The molecule has 1 amide bonds. The lowest BCUT2D eigenvalue weighted by Gasteiger charge is -2.09. The Morgan fingerprint density at radius 1 is 1.61 bits per heavy atom. The highest BCUT2D eigenvalue weighted by Gasteiger charge is 2.14. The molecule has 7 heteroatoms. The molecule has 1 atom stereocenters. The molecule has 0 aliphatic rings. The molecule has 1 unspecified atom stereocenters. The van der Waals surface area contributed by atoms with Gasteiger partial charge in [-0.2, -0.15) is 0 Å². The van der Waals surface area contributed by atoms with Crippen LogP contribution in [0.15, 0.2) is 24.9 Å². The van der Waals surface area contributed by atoms with Crippen LogP contribution in [0.1, 0.15) is 29.3 Å². The summed E-state index contributed by atoms with van der Waals surface area (Å²) < 4.78 is 1.78. The zero-order valence-corrected chi connectivity index (χ0v) is 10.1. The van der Waals surface area contributed by atoms with Gasteiger partial charge in [0.05, 0.1) is 12.4 Å². The third-order valence-corrected chi connectivity index (χ3v) is 2.53. The van der Waals surface area contributed by atoms with E-state index in [-0.39, 0.29) is 11.9 Å². The topological polar surface area (TPSA) is 102 Å². The van der Waals surface area contributed by atoms with Crippen molar-refractivity contribution in [2.24, 2.45) is 5.73 Å². The molecule has 2 heterocycles. The van der Waals surface area contributed by atoms with Gasteiger partial charge in [0.1, 0.15) is 11.5 Å². The van der Waals surface area contributed by atoms with Crippen molar-refractivity contribution in [1.82, 2.24) is 24.8 Å². The van der Waals surface area contributed by atoms with Crippen LogP contribution in [0, 0.1) is 0 Å². The lowest BCUT2D eigenvalue weighted by atomic mass is 10.3. The molecule has 0 saturated heterocycles. The number of aromatic nitrogens is 4. The minimum atomic E-state index is -0.227. The van der Waals surface area contributed by atoms with E-state index in [1.165, 1.54) is 0 Å². The molecule has 96 valence electrons. The number of amides is 1. The van der Waals surface area contributed by atoms with Gasteiger partial charge in [-0.05, 0) is 6.92 Å². The maximum Gasteiger partial charge on any atom is 0.272 e. The van der Waals surface area contributed by atoms with Crippen molar-refractivity contribution < 1.29 is 4.79 Å². The van der Waals surface area contributed by atoms with E-state index in [1.54, 1.807) is 29.5 Å². The minimum absolute atomic E-state index is 0.188. The van der Waals surface area contributed by atoms with Crippen molar-refractivity contribution in [1.29, 1.82) is 0 Å². The lowest BCUT2D eigenvalue weighted by molar-refractivity contribution is 0.0933. The van der Waals surface area contributed by atoms with E-state index in [1.807, 2.05) is 6.92 Å². The fraction of sp³-hybridized carbons (Fsp3) is 0.364. The van der Waals surface area contributed by atoms with Gasteiger partial charge >= 0.3 is 0 Å². The lowest BCUT2D eigenvalue weighted by Crippen LogP contribution is -2.27. The first kappa shape index (κ1) is 12.3. The molecule has 0 saturated carbocycles.